The highest BCUT2D eigenvalue weighted by Crippen LogP contribution is 2.14. The van der Waals surface area contributed by atoms with E-state index in [1.165, 1.54) is 18.3 Å². The number of phenolic OH excluding ortho intramolecular Hbond substituents is 1. The molecule has 1 saturated heterocycles. The highest BCUT2D eigenvalue weighted by Gasteiger charge is 2.19. The van der Waals surface area contributed by atoms with Gasteiger partial charge in [0, 0.05) is 37.9 Å². The quantitative estimate of drug-likeness (QED) is 0.303. The van der Waals surface area contributed by atoms with Gasteiger partial charge < -0.3 is 20.6 Å². The van der Waals surface area contributed by atoms with Crippen molar-refractivity contribution in [1.29, 1.82) is 5.26 Å². The third kappa shape index (κ3) is 5.02. The molecule has 0 bridgehead atoms. The number of nitriles is 1. The van der Waals surface area contributed by atoms with Crippen LogP contribution >= 0.6 is 0 Å². The van der Waals surface area contributed by atoms with Gasteiger partial charge in [-0.1, -0.05) is 0 Å². The molecule has 1 aromatic carbocycles. The topological polar surface area (TPSA) is 105 Å². The van der Waals surface area contributed by atoms with Crippen LogP contribution in [0.2, 0.25) is 0 Å². The zero-order valence-electron chi connectivity index (χ0n) is 13.3. The molecule has 3 N–H and O–H groups in total. The van der Waals surface area contributed by atoms with Crippen LogP contribution in [0.3, 0.4) is 0 Å². The fourth-order valence-electron chi connectivity index (χ4n) is 2.37. The number of hydrogen-bond donors (Lipinski definition) is 3. The van der Waals surface area contributed by atoms with Crippen molar-refractivity contribution in [1.82, 2.24) is 10.2 Å². The number of anilines is 1. The maximum Gasteiger partial charge on any atom is 0.263 e. The number of amides is 2. The lowest BCUT2D eigenvalue weighted by Crippen LogP contribution is -2.31. The van der Waals surface area contributed by atoms with Crippen molar-refractivity contribution in [3.8, 4) is 11.8 Å². The number of hydrogen-bond acceptors (Lipinski definition) is 5. The predicted octanol–water partition coefficient (Wildman–Crippen LogP) is 1.34. The lowest BCUT2D eigenvalue weighted by atomic mass is 10.2. The van der Waals surface area contributed by atoms with Crippen LogP contribution in [0.4, 0.5) is 5.69 Å². The Morgan fingerprint density at radius 1 is 1.38 bits per heavy atom. The molecule has 2 rings (SSSR count). The van der Waals surface area contributed by atoms with E-state index in [0.717, 1.165) is 13.0 Å². The molecule has 0 aromatic heterocycles. The summed E-state index contributed by atoms with van der Waals surface area (Å²) in [6.07, 6.45) is 3.49. The summed E-state index contributed by atoms with van der Waals surface area (Å²) in [4.78, 5) is 25.2. The lowest BCUT2D eigenvalue weighted by Gasteiger charge is -2.15. The molecule has 0 saturated carbocycles. The van der Waals surface area contributed by atoms with Gasteiger partial charge in [0.1, 0.15) is 17.4 Å². The Labute approximate surface area is 140 Å². The van der Waals surface area contributed by atoms with Crippen molar-refractivity contribution in [3.05, 3.63) is 36.0 Å². The largest absolute Gasteiger partial charge is 0.508 e. The van der Waals surface area contributed by atoms with Crippen LogP contribution in [0.15, 0.2) is 36.0 Å². The van der Waals surface area contributed by atoms with Gasteiger partial charge in [-0.2, -0.15) is 5.26 Å². The minimum Gasteiger partial charge on any atom is -0.508 e. The van der Waals surface area contributed by atoms with Gasteiger partial charge in [-0.25, -0.2) is 0 Å². The summed E-state index contributed by atoms with van der Waals surface area (Å²) in [6.45, 7) is 1.81. The van der Waals surface area contributed by atoms with Crippen LogP contribution in [0.1, 0.15) is 19.3 Å². The molecular weight excluding hydrogens is 308 g/mol. The van der Waals surface area contributed by atoms with E-state index in [-0.39, 0.29) is 17.2 Å². The van der Waals surface area contributed by atoms with Crippen molar-refractivity contribution >= 4 is 17.5 Å². The zero-order valence-corrected chi connectivity index (χ0v) is 13.3. The molecule has 0 spiro atoms. The second-order valence-corrected chi connectivity index (χ2v) is 5.45. The maximum absolute atomic E-state index is 11.9. The second-order valence-electron chi connectivity index (χ2n) is 5.45. The van der Waals surface area contributed by atoms with Crippen LogP contribution in [0.25, 0.3) is 0 Å². The van der Waals surface area contributed by atoms with Gasteiger partial charge in [-0.3, -0.25) is 9.59 Å². The molecule has 0 radical (unpaired) electrons. The van der Waals surface area contributed by atoms with E-state index in [4.69, 9.17) is 5.26 Å². The average molecular weight is 328 g/mol. The summed E-state index contributed by atoms with van der Waals surface area (Å²) >= 11 is 0. The van der Waals surface area contributed by atoms with E-state index < -0.39 is 5.91 Å². The standard InChI is InChI=1S/C17H20N4O3/c18-11-13(12-20-14-4-6-15(22)7-5-14)17(24)19-8-2-10-21-9-1-3-16(21)23/h4-7,12,20,22H,1-3,8-10H2,(H,19,24)/b13-12-. The molecule has 1 fully saturated rings. The highest BCUT2D eigenvalue weighted by atomic mass is 16.3. The van der Waals surface area contributed by atoms with Crippen molar-refractivity contribution < 1.29 is 14.7 Å². The zero-order chi connectivity index (χ0) is 17.4. The van der Waals surface area contributed by atoms with Gasteiger partial charge >= 0.3 is 0 Å². The number of phenols is 1. The first-order valence-corrected chi connectivity index (χ1v) is 7.82. The molecule has 7 heteroatoms. The summed E-state index contributed by atoms with van der Waals surface area (Å²) in [5.41, 5.74) is 0.612. The minimum absolute atomic E-state index is 0.0414. The van der Waals surface area contributed by atoms with Crippen LogP contribution < -0.4 is 10.6 Å². The molecule has 2 amide bonds. The van der Waals surface area contributed by atoms with E-state index in [1.54, 1.807) is 17.0 Å². The molecule has 1 aliphatic rings. The Morgan fingerprint density at radius 3 is 2.75 bits per heavy atom. The monoisotopic (exact) mass is 328 g/mol. The lowest BCUT2D eigenvalue weighted by molar-refractivity contribution is -0.127. The van der Waals surface area contributed by atoms with E-state index in [9.17, 15) is 14.7 Å². The fourth-order valence-corrected chi connectivity index (χ4v) is 2.37. The Balaban J connectivity index is 1.76. The van der Waals surface area contributed by atoms with Crippen LogP contribution in [-0.4, -0.2) is 41.5 Å². The minimum atomic E-state index is -0.462. The maximum atomic E-state index is 11.9. The highest BCUT2D eigenvalue weighted by molar-refractivity contribution is 5.97. The number of nitrogens with one attached hydrogen (secondary N) is 2. The molecule has 7 nitrogen and oxygen atoms in total. The van der Waals surface area contributed by atoms with E-state index in [1.807, 2.05) is 6.07 Å². The van der Waals surface area contributed by atoms with Gasteiger partial charge in [-0.05, 0) is 37.1 Å². The molecule has 0 unspecified atom stereocenters. The fraction of sp³-hybridized carbons (Fsp3) is 0.353. The molecule has 1 heterocycles. The number of rotatable bonds is 7. The van der Waals surface area contributed by atoms with Crippen molar-refractivity contribution in [2.75, 3.05) is 25.0 Å². The molecule has 1 aliphatic heterocycles. The molecule has 0 aliphatic carbocycles. The number of carbonyl (C=O) groups is 2. The van der Waals surface area contributed by atoms with Crippen LogP contribution in [0, 0.1) is 11.3 Å². The van der Waals surface area contributed by atoms with Crippen molar-refractivity contribution in [2.24, 2.45) is 0 Å². The summed E-state index contributed by atoms with van der Waals surface area (Å²) in [5, 5.41) is 23.8. The molecule has 1 aromatic rings. The summed E-state index contributed by atoms with van der Waals surface area (Å²) in [6, 6.07) is 8.11. The second kappa shape index (κ2) is 8.58. The summed E-state index contributed by atoms with van der Waals surface area (Å²) in [7, 11) is 0. The van der Waals surface area contributed by atoms with E-state index >= 15 is 0 Å². The van der Waals surface area contributed by atoms with E-state index in [0.29, 0.717) is 31.6 Å². The Kier molecular flexibility index (Phi) is 6.20. The van der Waals surface area contributed by atoms with Gasteiger partial charge in [0.05, 0.1) is 0 Å². The predicted molar refractivity (Wildman–Crippen MR) is 88.9 cm³/mol. The third-order valence-corrected chi connectivity index (χ3v) is 3.68. The van der Waals surface area contributed by atoms with Gasteiger partial charge in [-0.15, -0.1) is 0 Å². The van der Waals surface area contributed by atoms with Crippen LogP contribution in [0.5, 0.6) is 5.75 Å². The molecule has 24 heavy (non-hydrogen) atoms. The number of likely N-dealkylation sites (tertiary alicyclic amines) is 1. The van der Waals surface area contributed by atoms with E-state index in [2.05, 4.69) is 10.6 Å². The third-order valence-electron chi connectivity index (χ3n) is 3.68. The Hall–Kier alpha value is -3.01. The number of benzene rings is 1. The molecular formula is C17H20N4O3. The molecule has 0 atom stereocenters. The normalized spacial score (nSPS) is 14.4. The Morgan fingerprint density at radius 2 is 2.12 bits per heavy atom. The number of nitrogens with zero attached hydrogens (tertiary/aromatic N) is 2. The Bertz CT molecular complexity index is 661. The van der Waals surface area contributed by atoms with Gasteiger partial charge in [0.15, 0.2) is 0 Å². The summed E-state index contributed by atoms with van der Waals surface area (Å²) in [5.74, 6) is -0.159. The first kappa shape index (κ1) is 17.3. The summed E-state index contributed by atoms with van der Waals surface area (Å²) < 4.78 is 0. The van der Waals surface area contributed by atoms with Crippen molar-refractivity contribution in [3.63, 3.8) is 0 Å². The first-order chi connectivity index (χ1) is 11.6. The number of carbonyl (C=O) groups excluding carboxylic acids is 2. The first-order valence-electron chi connectivity index (χ1n) is 7.82. The molecule has 126 valence electrons. The van der Waals surface area contributed by atoms with Crippen molar-refractivity contribution in [2.45, 2.75) is 19.3 Å². The SMILES string of the molecule is N#C/C(=C/Nc1ccc(O)cc1)C(=O)NCCCN1CCCC1=O. The van der Waals surface area contributed by atoms with Gasteiger partial charge in [0.2, 0.25) is 5.91 Å². The van der Waals surface area contributed by atoms with Gasteiger partial charge in [0.25, 0.3) is 5.91 Å². The average Bonchev–Trinajstić information content (AvgIpc) is 2.99. The number of aromatic hydroxyl groups is 1. The smallest absolute Gasteiger partial charge is 0.263 e. The van der Waals surface area contributed by atoms with Crippen LogP contribution in [-0.2, 0) is 9.59 Å².